The number of nitrogens with zero attached hydrogens (tertiary/aromatic N) is 1. The van der Waals surface area contributed by atoms with E-state index in [-0.39, 0.29) is 11.7 Å². The van der Waals surface area contributed by atoms with E-state index in [9.17, 15) is 9.18 Å². The van der Waals surface area contributed by atoms with E-state index in [2.05, 4.69) is 11.8 Å². The number of hydrogen-bond acceptors (Lipinski definition) is 2. The Bertz CT molecular complexity index is 481. The molecular weight excluding hydrogens is 269 g/mol. The zero-order chi connectivity index (χ0) is 14.0. The molecule has 1 heterocycles. The standard InChI is InChI=1S/C14H17ClFNO2/c1-9-2-3-11(14(18)19)8-17(9)7-10-4-5-12(16)6-13(10)15/h4-6,9,11H,2-3,7-8H2,1H3,(H,18,19). The van der Waals surface area contributed by atoms with Gasteiger partial charge in [-0.25, -0.2) is 4.39 Å². The van der Waals surface area contributed by atoms with Crippen molar-refractivity contribution >= 4 is 17.6 Å². The zero-order valence-corrected chi connectivity index (χ0v) is 11.5. The summed E-state index contributed by atoms with van der Waals surface area (Å²) in [7, 11) is 0. The third-order valence-electron chi connectivity index (χ3n) is 3.75. The molecule has 1 fully saturated rings. The van der Waals surface area contributed by atoms with Crippen LogP contribution in [0.2, 0.25) is 5.02 Å². The van der Waals surface area contributed by atoms with Gasteiger partial charge in [0.25, 0.3) is 0 Å². The molecule has 1 aromatic carbocycles. The van der Waals surface area contributed by atoms with Crippen molar-refractivity contribution in [1.29, 1.82) is 0 Å². The third kappa shape index (κ3) is 3.45. The molecule has 1 aliphatic heterocycles. The number of hydrogen-bond donors (Lipinski definition) is 1. The fraction of sp³-hybridized carbons (Fsp3) is 0.500. The molecule has 19 heavy (non-hydrogen) atoms. The molecule has 1 aliphatic rings. The Balaban J connectivity index is 2.09. The number of carboxylic acid groups (broad SMARTS) is 1. The van der Waals surface area contributed by atoms with Gasteiger partial charge in [-0.05, 0) is 37.5 Å². The van der Waals surface area contributed by atoms with Gasteiger partial charge in [0.2, 0.25) is 0 Å². The molecule has 2 atom stereocenters. The molecule has 5 heteroatoms. The average molecular weight is 286 g/mol. The summed E-state index contributed by atoms with van der Waals surface area (Å²) in [4.78, 5) is 13.2. The minimum Gasteiger partial charge on any atom is -0.481 e. The Labute approximate surface area is 117 Å². The van der Waals surface area contributed by atoms with Gasteiger partial charge in [0.05, 0.1) is 5.92 Å². The molecule has 104 valence electrons. The SMILES string of the molecule is CC1CCC(C(=O)O)CN1Cc1ccc(F)cc1Cl. The second-order valence-corrected chi connectivity index (χ2v) is 5.53. The first-order chi connectivity index (χ1) is 8.97. The first-order valence-corrected chi connectivity index (χ1v) is 6.76. The second kappa shape index (κ2) is 5.88. The summed E-state index contributed by atoms with van der Waals surface area (Å²) < 4.78 is 13.0. The highest BCUT2D eigenvalue weighted by Gasteiger charge is 2.29. The van der Waals surface area contributed by atoms with E-state index >= 15 is 0 Å². The van der Waals surface area contributed by atoms with Crippen molar-refractivity contribution in [3.8, 4) is 0 Å². The molecule has 0 bridgehead atoms. The van der Waals surface area contributed by atoms with Gasteiger partial charge in [-0.3, -0.25) is 9.69 Å². The van der Waals surface area contributed by atoms with E-state index in [4.69, 9.17) is 16.7 Å². The van der Waals surface area contributed by atoms with Gasteiger partial charge in [0, 0.05) is 24.2 Å². The average Bonchev–Trinajstić information content (AvgIpc) is 2.34. The molecule has 0 amide bonds. The number of aliphatic carboxylic acids is 1. The normalized spacial score (nSPS) is 24.4. The largest absolute Gasteiger partial charge is 0.481 e. The highest BCUT2D eigenvalue weighted by molar-refractivity contribution is 6.31. The summed E-state index contributed by atoms with van der Waals surface area (Å²) in [6.07, 6.45) is 1.57. The van der Waals surface area contributed by atoms with Crippen LogP contribution in [0.25, 0.3) is 0 Å². The van der Waals surface area contributed by atoms with Crippen LogP contribution in [0.1, 0.15) is 25.3 Å². The predicted octanol–water partition coefficient (Wildman–Crippen LogP) is 3.16. The quantitative estimate of drug-likeness (QED) is 0.927. The third-order valence-corrected chi connectivity index (χ3v) is 4.10. The maximum atomic E-state index is 13.0. The molecule has 0 aliphatic carbocycles. The lowest BCUT2D eigenvalue weighted by atomic mass is 9.93. The van der Waals surface area contributed by atoms with Gasteiger partial charge in [0.15, 0.2) is 0 Å². The topological polar surface area (TPSA) is 40.5 Å². The summed E-state index contributed by atoms with van der Waals surface area (Å²) in [6, 6.07) is 4.65. The second-order valence-electron chi connectivity index (χ2n) is 5.13. The van der Waals surface area contributed by atoms with Crippen molar-refractivity contribution < 1.29 is 14.3 Å². The van der Waals surface area contributed by atoms with Crippen LogP contribution in [-0.2, 0) is 11.3 Å². The van der Waals surface area contributed by atoms with Crippen molar-refractivity contribution in [3.05, 3.63) is 34.6 Å². The van der Waals surface area contributed by atoms with Crippen LogP contribution in [0.5, 0.6) is 0 Å². The lowest BCUT2D eigenvalue weighted by Gasteiger charge is -2.36. The predicted molar refractivity (Wildman–Crippen MR) is 71.6 cm³/mol. The van der Waals surface area contributed by atoms with Gasteiger partial charge in [-0.2, -0.15) is 0 Å². The fourth-order valence-electron chi connectivity index (χ4n) is 2.47. The van der Waals surface area contributed by atoms with Crippen molar-refractivity contribution in [2.75, 3.05) is 6.54 Å². The molecule has 0 aromatic heterocycles. The van der Waals surface area contributed by atoms with Crippen LogP contribution in [0, 0.1) is 11.7 Å². The maximum absolute atomic E-state index is 13.0. The Morgan fingerprint density at radius 3 is 2.89 bits per heavy atom. The van der Waals surface area contributed by atoms with Crippen LogP contribution >= 0.6 is 11.6 Å². The monoisotopic (exact) mass is 285 g/mol. The van der Waals surface area contributed by atoms with Crippen LogP contribution in [0.4, 0.5) is 4.39 Å². The van der Waals surface area contributed by atoms with Crippen molar-refractivity contribution in [1.82, 2.24) is 4.90 Å². The fourth-order valence-corrected chi connectivity index (χ4v) is 2.70. The zero-order valence-electron chi connectivity index (χ0n) is 10.8. The Morgan fingerprint density at radius 2 is 2.26 bits per heavy atom. The minimum absolute atomic E-state index is 0.316. The van der Waals surface area contributed by atoms with E-state index < -0.39 is 5.97 Å². The van der Waals surface area contributed by atoms with Crippen molar-refractivity contribution in [2.24, 2.45) is 5.92 Å². The van der Waals surface area contributed by atoms with Crippen molar-refractivity contribution in [3.63, 3.8) is 0 Å². The van der Waals surface area contributed by atoms with Crippen LogP contribution in [0.15, 0.2) is 18.2 Å². The summed E-state index contributed by atoms with van der Waals surface area (Å²) in [5.74, 6) is -1.43. The van der Waals surface area contributed by atoms with Gasteiger partial charge in [0.1, 0.15) is 5.82 Å². The molecule has 2 rings (SSSR count). The van der Waals surface area contributed by atoms with E-state index in [1.807, 2.05) is 0 Å². The van der Waals surface area contributed by atoms with E-state index in [1.54, 1.807) is 6.07 Å². The molecule has 0 spiro atoms. The molecule has 1 aromatic rings. The number of benzene rings is 1. The number of piperidine rings is 1. The minimum atomic E-state index is -0.748. The molecule has 3 nitrogen and oxygen atoms in total. The Kier molecular flexibility index (Phi) is 4.42. The molecular formula is C14H17ClFNO2. The number of rotatable bonds is 3. The smallest absolute Gasteiger partial charge is 0.307 e. The molecule has 0 saturated carbocycles. The Hall–Kier alpha value is -1.13. The summed E-state index contributed by atoms with van der Waals surface area (Å²) in [5.41, 5.74) is 0.834. The summed E-state index contributed by atoms with van der Waals surface area (Å²) >= 11 is 6.01. The number of carbonyl (C=O) groups is 1. The van der Waals surface area contributed by atoms with Gasteiger partial charge in [-0.1, -0.05) is 17.7 Å². The molecule has 0 radical (unpaired) electrons. The van der Waals surface area contributed by atoms with E-state index in [0.29, 0.717) is 30.6 Å². The van der Waals surface area contributed by atoms with E-state index in [1.165, 1.54) is 12.1 Å². The summed E-state index contributed by atoms with van der Waals surface area (Å²) in [6.45, 7) is 3.16. The highest BCUT2D eigenvalue weighted by atomic mass is 35.5. The van der Waals surface area contributed by atoms with Crippen LogP contribution in [-0.4, -0.2) is 28.6 Å². The summed E-state index contributed by atoms with van der Waals surface area (Å²) in [5, 5.41) is 9.49. The molecule has 2 unspecified atom stereocenters. The maximum Gasteiger partial charge on any atom is 0.307 e. The number of carboxylic acids is 1. The molecule has 1 N–H and O–H groups in total. The van der Waals surface area contributed by atoms with E-state index in [0.717, 1.165) is 12.0 Å². The molecule has 1 saturated heterocycles. The first kappa shape index (κ1) is 14.3. The van der Waals surface area contributed by atoms with Gasteiger partial charge >= 0.3 is 5.97 Å². The lowest BCUT2D eigenvalue weighted by molar-refractivity contribution is -0.144. The number of halogens is 2. The van der Waals surface area contributed by atoms with Crippen molar-refractivity contribution in [2.45, 2.75) is 32.4 Å². The van der Waals surface area contributed by atoms with Gasteiger partial charge < -0.3 is 5.11 Å². The Morgan fingerprint density at radius 1 is 1.53 bits per heavy atom. The van der Waals surface area contributed by atoms with Crippen LogP contribution < -0.4 is 0 Å². The number of likely N-dealkylation sites (tertiary alicyclic amines) is 1. The highest BCUT2D eigenvalue weighted by Crippen LogP contribution is 2.26. The lowest BCUT2D eigenvalue weighted by Crippen LogP contribution is -2.43. The van der Waals surface area contributed by atoms with Gasteiger partial charge in [-0.15, -0.1) is 0 Å². The van der Waals surface area contributed by atoms with Crippen LogP contribution in [0.3, 0.4) is 0 Å². The first-order valence-electron chi connectivity index (χ1n) is 6.38.